The number of carbonyl (C=O) groups excluding carboxylic acids is 1. The van der Waals surface area contributed by atoms with Gasteiger partial charge in [0.05, 0.1) is 10.5 Å². The van der Waals surface area contributed by atoms with E-state index in [1.54, 1.807) is 0 Å². The van der Waals surface area contributed by atoms with Crippen LogP contribution in [0.15, 0.2) is 11.4 Å². The Kier molecular flexibility index (Phi) is 4.12. The summed E-state index contributed by atoms with van der Waals surface area (Å²) in [6.45, 7) is 2.29. The van der Waals surface area contributed by atoms with Crippen molar-refractivity contribution in [3.8, 4) is 0 Å². The average Bonchev–Trinajstić information content (AvgIpc) is 2.74. The molecule has 1 fully saturated rings. The van der Waals surface area contributed by atoms with Gasteiger partial charge in [-0.1, -0.05) is 0 Å². The number of nitrogens with one attached hydrogen (secondary N) is 1. The zero-order chi connectivity index (χ0) is 12.3. The Hall–Kier alpha value is -0.520. The van der Waals surface area contributed by atoms with Gasteiger partial charge in [-0.3, -0.25) is 4.79 Å². The van der Waals surface area contributed by atoms with Crippen LogP contribution in [0.25, 0.3) is 0 Å². The van der Waals surface area contributed by atoms with Crippen molar-refractivity contribution < 1.29 is 9.90 Å². The van der Waals surface area contributed by atoms with Crippen LogP contribution in [-0.2, 0) is 0 Å². The molecule has 0 aromatic carbocycles. The number of amides is 1. The van der Waals surface area contributed by atoms with Gasteiger partial charge in [-0.05, 0) is 48.3 Å². The lowest BCUT2D eigenvalue weighted by atomic mass is 9.97. The van der Waals surface area contributed by atoms with E-state index >= 15 is 0 Å². The predicted octanol–water partition coefficient (Wildman–Crippen LogP) is 2.04. The van der Waals surface area contributed by atoms with Crippen LogP contribution in [0.5, 0.6) is 0 Å². The van der Waals surface area contributed by atoms with E-state index in [0.29, 0.717) is 6.54 Å². The molecule has 5 heteroatoms. The molecule has 0 radical (unpaired) electrons. The number of carbonyl (C=O) groups is 1. The Balaban J connectivity index is 1.90. The van der Waals surface area contributed by atoms with Crippen molar-refractivity contribution >= 4 is 29.0 Å². The summed E-state index contributed by atoms with van der Waals surface area (Å²) in [5.41, 5.74) is 0.296. The minimum absolute atomic E-state index is 0.0656. The van der Waals surface area contributed by atoms with Crippen LogP contribution < -0.4 is 5.32 Å². The molecule has 1 aliphatic heterocycles. The zero-order valence-electron chi connectivity index (χ0n) is 9.86. The van der Waals surface area contributed by atoms with E-state index < -0.39 is 5.60 Å². The van der Waals surface area contributed by atoms with Gasteiger partial charge in [0, 0.05) is 6.54 Å². The third-order valence-electron chi connectivity index (χ3n) is 3.07. The highest BCUT2D eigenvalue weighted by Crippen LogP contribution is 2.26. The van der Waals surface area contributed by atoms with Gasteiger partial charge in [0.15, 0.2) is 0 Å². The van der Waals surface area contributed by atoms with E-state index in [9.17, 15) is 9.90 Å². The number of thioether (sulfide) groups is 1. The SMILES string of the molecule is Cc1ccsc1C(=O)NCC1(O)CCSCC1. The maximum atomic E-state index is 11.9. The number of thiophene rings is 1. The summed E-state index contributed by atoms with van der Waals surface area (Å²) in [6, 6.07) is 1.94. The Morgan fingerprint density at radius 2 is 2.24 bits per heavy atom. The Morgan fingerprint density at radius 3 is 2.82 bits per heavy atom. The molecule has 0 bridgehead atoms. The number of hydrogen-bond donors (Lipinski definition) is 2. The minimum atomic E-state index is -0.702. The van der Waals surface area contributed by atoms with Crippen LogP contribution >= 0.6 is 23.1 Å². The van der Waals surface area contributed by atoms with Crippen molar-refractivity contribution in [2.45, 2.75) is 25.4 Å². The lowest BCUT2D eigenvalue weighted by molar-refractivity contribution is 0.0312. The maximum absolute atomic E-state index is 11.9. The van der Waals surface area contributed by atoms with Crippen LogP contribution in [-0.4, -0.2) is 34.7 Å². The van der Waals surface area contributed by atoms with Gasteiger partial charge < -0.3 is 10.4 Å². The molecule has 2 heterocycles. The first-order chi connectivity index (χ1) is 8.11. The molecule has 0 aliphatic carbocycles. The van der Waals surface area contributed by atoms with E-state index in [-0.39, 0.29) is 5.91 Å². The van der Waals surface area contributed by atoms with Crippen molar-refractivity contribution in [1.82, 2.24) is 5.32 Å². The Bertz CT molecular complexity index is 397. The molecular weight excluding hydrogens is 254 g/mol. The first-order valence-corrected chi connectivity index (χ1v) is 7.77. The van der Waals surface area contributed by atoms with Crippen LogP contribution in [0.1, 0.15) is 28.1 Å². The van der Waals surface area contributed by atoms with E-state index in [0.717, 1.165) is 34.8 Å². The molecule has 1 aliphatic rings. The summed E-state index contributed by atoms with van der Waals surface area (Å²) < 4.78 is 0. The smallest absolute Gasteiger partial charge is 0.261 e. The van der Waals surface area contributed by atoms with E-state index in [4.69, 9.17) is 0 Å². The van der Waals surface area contributed by atoms with Gasteiger partial charge in [0.1, 0.15) is 0 Å². The first-order valence-electron chi connectivity index (χ1n) is 5.73. The Morgan fingerprint density at radius 1 is 1.53 bits per heavy atom. The third kappa shape index (κ3) is 3.24. The predicted molar refractivity (Wildman–Crippen MR) is 72.9 cm³/mol. The molecule has 3 nitrogen and oxygen atoms in total. The number of aliphatic hydroxyl groups is 1. The highest BCUT2D eigenvalue weighted by molar-refractivity contribution is 7.99. The Labute approximate surface area is 110 Å². The fraction of sp³-hybridized carbons (Fsp3) is 0.583. The second-order valence-electron chi connectivity index (χ2n) is 4.45. The molecular formula is C12H17NO2S2. The van der Waals surface area contributed by atoms with Crippen molar-refractivity contribution in [2.24, 2.45) is 0 Å². The second-order valence-corrected chi connectivity index (χ2v) is 6.59. The van der Waals surface area contributed by atoms with Crippen molar-refractivity contribution in [1.29, 1.82) is 0 Å². The van der Waals surface area contributed by atoms with Gasteiger partial charge in [0.2, 0.25) is 0 Å². The molecule has 0 spiro atoms. The summed E-state index contributed by atoms with van der Waals surface area (Å²) >= 11 is 3.31. The summed E-state index contributed by atoms with van der Waals surface area (Å²) in [5, 5.41) is 15.0. The largest absolute Gasteiger partial charge is 0.388 e. The van der Waals surface area contributed by atoms with Crippen LogP contribution in [0.2, 0.25) is 0 Å². The number of rotatable bonds is 3. The second kappa shape index (κ2) is 5.42. The normalized spacial score (nSPS) is 18.9. The molecule has 1 aromatic rings. The van der Waals surface area contributed by atoms with E-state index in [1.807, 2.05) is 30.1 Å². The molecule has 2 rings (SSSR count). The minimum Gasteiger partial charge on any atom is -0.388 e. The zero-order valence-corrected chi connectivity index (χ0v) is 11.5. The van der Waals surface area contributed by atoms with Crippen molar-refractivity contribution in [3.63, 3.8) is 0 Å². The van der Waals surface area contributed by atoms with Crippen LogP contribution in [0, 0.1) is 6.92 Å². The highest BCUT2D eigenvalue weighted by Gasteiger charge is 2.30. The highest BCUT2D eigenvalue weighted by atomic mass is 32.2. The van der Waals surface area contributed by atoms with Gasteiger partial charge in [0.25, 0.3) is 5.91 Å². The van der Waals surface area contributed by atoms with E-state index in [1.165, 1.54) is 11.3 Å². The number of hydrogen-bond acceptors (Lipinski definition) is 4. The summed E-state index contributed by atoms with van der Waals surface area (Å²) in [7, 11) is 0. The molecule has 0 saturated carbocycles. The topological polar surface area (TPSA) is 49.3 Å². The molecule has 94 valence electrons. The van der Waals surface area contributed by atoms with E-state index in [2.05, 4.69) is 5.32 Å². The lowest BCUT2D eigenvalue weighted by Gasteiger charge is -2.31. The monoisotopic (exact) mass is 271 g/mol. The van der Waals surface area contributed by atoms with Crippen LogP contribution in [0.3, 0.4) is 0 Å². The van der Waals surface area contributed by atoms with Gasteiger partial charge in [-0.25, -0.2) is 0 Å². The fourth-order valence-electron chi connectivity index (χ4n) is 1.86. The van der Waals surface area contributed by atoms with Crippen molar-refractivity contribution in [2.75, 3.05) is 18.1 Å². The quantitative estimate of drug-likeness (QED) is 0.884. The molecule has 2 N–H and O–H groups in total. The molecule has 1 amide bonds. The summed E-state index contributed by atoms with van der Waals surface area (Å²) in [5.74, 6) is 1.89. The first kappa shape index (κ1) is 12.9. The maximum Gasteiger partial charge on any atom is 0.261 e. The standard InChI is InChI=1S/C12H17NO2S2/c1-9-2-5-17-10(9)11(14)13-8-12(15)3-6-16-7-4-12/h2,5,15H,3-4,6-8H2,1H3,(H,13,14). The van der Waals surface area contributed by atoms with Gasteiger partial charge in [-0.15, -0.1) is 11.3 Å². The number of aryl methyl sites for hydroxylation is 1. The summed E-state index contributed by atoms with van der Waals surface area (Å²) in [4.78, 5) is 12.6. The molecule has 0 unspecified atom stereocenters. The van der Waals surface area contributed by atoms with Crippen molar-refractivity contribution in [3.05, 3.63) is 21.9 Å². The fourth-order valence-corrected chi connectivity index (χ4v) is 3.95. The molecule has 17 heavy (non-hydrogen) atoms. The third-order valence-corrected chi connectivity index (χ3v) is 5.07. The molecule has 0 atom stereocenters. The van der Waals surface area contributed by atoms with Crippen LogP contribution in [0.4, 0.5) is 0 Å². The lowest BCUT2D eigenvalue weighted by Crippen LogP contribution is -2.45. The van der Waals surface area contributed by atoms with Gasteiger partial charge >= 0.3 is 0 Å². The summed E-state index contributed by atoms with van der Waals surface area (Å²) in [6.07, 6.45) is 1.53. The molecule has 1 saturated heterocycles. The van der Waals surface area contributed by atoms with Gasteiger partial charge in [-0.2, -0.15) is 11.8 Å². The average molecular weight is 271 g/mol. The molecule has 1 aromatic heterocycles.